The predicted octanol–water partition coefficient (Wildman–Crippen LogP) is 3.08. The fraction of sp³-hybridized carbons (Fsp3) is 0.200. The molecule has 2 heterocycles. The van der Waals surface area contributed by atoms with Crippen LogP contribution in [-0.2, 0) is 20.0 Å². The molecule has 0 aliphatic heterocycles. The maximum Gasteiger partial charge on any atom is 0.152 e. The summed E-state index contributed by atoms with van der Waals surface area (Å²) in [5.74, 6) is 0. The van der Waals surface area contributed by atoms with Crippen LogP contribution in [-0.4, -0.2) is 20.6 Å². The molecule has 0 saturated heterocycles. The first-order valence-electron chi connectivity index (χ1n) is 6.39. The Morgan fingerprint density at radius 2 is 2.20 bits per heavy atom. The Labute approximate surface area is 121 Å². The molecule has 2 aromatic heterocycles. The van der Waals surface area contributed by atoms with Gasteiger partial charge < -0.3 is 4.57 Å². The van der Waals surface area contributed by atoms with Gasteiger partial charge >= 0.3 is 0 Å². The third-order valence-corrected chi connectivity index (χ3v) is 3.77. The van der Waals surface area contributed by atoms with Crippen molar-refractivity contribution in [3.8, 4) is 0 Å². The number of aromatic nitrogens is 3. The zero-order valence-corrected chi connectivity index (χ0v) is 11.8. The second-order valence-electron chi connectivity index (χ2n) is 4.75. The number of halogens is 1. The number of hydrogen-bond acceptors (Lipinski definition) is 2. The molecule has 0 amide bonds. The Hall–Kier alpha value is -2.07. The number of rotatable bonds is 4. The number of aryl methyl sites for hydroxylation is 3. The predicted molar refractivity (Wildman–Crippen MR) is 79.2 cm³/mol. The van der Waals surface area contributed by atoms with Crippen molar-refractivity contribution in [1.29, 1.82) is 0 Å². The molecular weight excluding hydrogens is 274 g/mol. The molecule has 0 aliphatic rings. The van der Waals surface area contributed by atoms with Gasteiger partial charge in [0.25, 0.3) is 0 Å². The highest BCUT2D eigenvalue weighted by Gasteiger charge is 2.09. The molecule has 20 heavy (non-hydrogen) atoms. The zero-order chi connectivity index (χ0) is 14.1. The first-order valence-corrected chi connectivity index (χ1v) is 6.77. The lowest BCUT2D eigenvalue weighted by Gasteiger charge is -2.06. The molecule has 0 saturated carbocycles. The van der Waals surface area contributed by atoms with Gasteiger partial charge in [0.15, 0.2) is 6.29 Å². The third kappa shape index (κ3) is 2.23. The van der Waals surface area contributed by atoms with Crippen molar-refractivity contribution >= 4 is 28.8 Å². The van der Waals surface area contributed by atoms with E-state index in [4.69, 9.17) is 11.6 Å². The van der Waals surface area contributed by atoms with Crippen LogP contribution < -0.4 is 0 Å². The normalized spacial score (nSPS) is 11.1. The van der Waals surface area contributed by atoms with Crippen LogP contribution in [0.1, 0.15) is 16.1 Å². The van der Waals surface area contributed by atoms with Gasteiger partial charge in [0.2, 0.25) is 0 Å². The monoisotopic (exact) mass is 287 g/mol. The molecule has 0 atom stereocenters. The van der Waals surface area contributed by atoms with Gasteiger partial charge in [-0.05, 0) is 18.2 Å². The van der Waals surface area contributed by atoms with E-state index in [1.807, 2.05) is 42.2 Å². The standard InChI is InChI=1S/C15H14ClN3O/c1-18-13(4-6-17-18)5-7-19-9-11(10-20)14-3-2-12(16)8-15(14)19/h2-4,6,8-10H,5,7H2,1H3. The first-order chi connectivity index (χ1) is 9.69. The Morgan fingerprint density at radius 1 is 1.35 bits per heavy atom. The molecule has 102 valence electrons. The minimum absolute atomic E-state index is 0.676. The van der Waals surface area contributed by atoms with Gasteiger partial charge in [-0.2, -0.15) is 5.10 Å². The van der Waals surface area contributed by atoms with Crippen LogP contribution in [0.5, 0.6) is 0 Å². The van der Waals surface area contributed by atoms with Crippen molar-refractivity contribution in [2.45, 2.75) is 13.0 Å². The first kappa shape index (κ1) is 12.9. The number of carbonyl (C=O) groups excluding carboxylic acids is 1. The van der Waals surface area contributed by atoms with Crippen molar-refractivity contribution < 1.29 is 4.79 Å². The number of hydrogen-bond donors (Lipinski definition) is 0. The number of fused-ring (bicyclic) bond motifs is 1. The van der Waals surface area contributed by atoms with Gasteiger partial charge in [0.1, 0.15) is 0 Å². The molecule has 3 rings (SSSR count). The third-order valence-electron chi connectivity index (χ3n) is 3.53. The summed E-state index contributed by atoms with van der Waals surface area (Å²) in [6.07, 6.45) is 5.41. The lowest BCUT2D eigenvalue weighted by Crippen LogP contribution is -2.04. The van der Waals surface area contributed by atoms with E-state index < -0.39 is 0 Å². The fourth-order valence-corrected chi connectivity index (χ4v) is 2.62. The Morgan fingerprint density at radius 3 is 2.90 bits per heavy atom. The average Bonchev–Trinajstić information content (AvgIpc) is 3.00. The SMILES string of the molecule is Cn1nccc1CCn1cc(C=O)c2ccc(Cl)cc21. The molecule has 5 heteroatoms. The van der Waals surface area contributed by atoms with Crippen LogP contribution in [0.4, 0.5) is 0 Å². The molecule has 4 nitrogen and oxygen atoms in total. The van der Waals surface area contributed by atoms with Gasteiger partial charge in [-0.15, -0.1) is 0 Å². The summed E-state index contributed by atoms with van der Waals surface area (Å²) >= 11 is 6.05. The van der Waals surface area contributed by atoms with Crippen LogP contribution in [0.3, 0.4) is 0 Å². The Bertz CT molecular complexity index is 773. The van der Waals surface area contributed by atoms with Crippen LogP contribution >= 0.6 is 11.6 Å². The van der Waals surface area contributed by atoms with E-state index in [1.54, 1.807) is 6.20 Å². The minimum atomic E-state index is 0.676. The molecule has 0 aliphatic carbocycles. The van der Waals surface area contributed by atoms with E-state index in [1.165, 1.54) is 0 Å². The molecule has 3 aromatic rings. The molecule has 0 unspecified atom stereocenters. The van der Waals surface area contributed by atoms with Crippen molar-refractivity contribution in [1.82, 2.24) is 14.3 Å². The molecular formula is C15H14ClN3O. The van der Waals surface area contributed by atoms with Crippen molar-refractivity contribution in [2.24, 2.45) is 7.05 Å². The minimum Gasteiger partial charge on any atom is -0.346 e. The molecule has 0 bridgehead atoms. The number of aldehydes is 1. The summed E-state index contributed by atoms with van der Waals surface area (Å²) < 4.78 is 3.93. The Kier molecular flexibility index (Phi) is 3.32. The highest BCUT2D eigenvalue weighted by Crippen LogP contribution is 2.24. The zero-order valence-electron chi connectivity index (χ0n) is 11.1. The van der Waals surface area contributed by atoms with E-state index >= 15 is 0 Å². The second kappa shape index (κ2) is 5.13. The van der Waals surface area contributed by atoms with Crippen LogP contribution in [0, 0.1) is 0 Å². The lowest BCUT2D eigenvalue weighted by atomic mass is 10.2. The summed E-state index contributed by atoms with van der Waals surface area (Å²) in [5.41, 5.74) is 2.84. The van der Waals surface area contributed by atoms with Crippen molar-refractivity contribution in [2.75, 3.05) is 0 Å². The largest absolute Gasteiger partial charge is 0.346 e. The second-order valence-corrected chi connectivity index (χ2v) is 5.19. The smallest absolute Gasteiger partial charge is 0.152 e. The molecule has 1 aromatic carbocycles. The highest BCUT2D eigenvalue weighted by molar-refractivity contribution is 6.31. The van der Waals surface area contributed by atoms with Gasteiger partial charge in [-0.25, -0.2) is 0 Å². The van der Waals surface area contributed by atoms with E-state index in [9.17, 15) is 4.79 Å². The van der Waals surface area contributed by atoms with E-state index in [2.05, 4.69) is 9.67 Å². The summed E-state index contributed by atoms with van der Waals surface area (Å²) in [7, 11) is 1.93. The maximum absolute atomic E-state index is 11.1. The topological polar surface area (TPSA) is 39.8 Å². The molecule has 0 fully saturated rings. The molecule has 0 radical (unpaired) electrons. The van der Waals surface area contributed by atoms with Crippen LogP contribution in [0.15, 0.2) is 36.7 Å². The fourth-order valence-electron chi connectivity index (χ4n) is 2.45. The van der Waals surface area contributed by atoms with Crippen molar-refractivity contribution in [3.63, 3.8) is 0 Å². The van der Waals surface area contributed by atoms with E-state index in [0.717, 1.165) is 35.8 Å². The van der Waals surface area contributed by atoms with Crippen LogP contribution in [0.2, 0.25) is 5.02 Å². The summed E-state index contributed by atoms with van der Waals surface area (Å²) in [6.45, 7) is 0.782. The maximum atomic E-state index is 11.1. The summed E-state index contributed by atoms with van der Waals surface area (Å²) in [4.78, 5) is 11.1. The summed E-state index contributed by atoms with van der Waals surface area (Å²) in [5, 5.41) is 5.77. The van der Waals surface area contributed by atoms with Gasteiger partial charge in [-0.1, -0.05) is 17.7 Å². The quantitative estimate of drug-likeness (QED) is 0.692. The lowest BCUT2D eigenvalue weighted by molar-refractivity contribution is 0.112. The van der Waals surface area contributed by atoms with Gasteiger partial charge in [0, 0.05) is 54.1 Å². The highest BCUT2D eigenvalue weighted by atomic mass is 35.5. The summed E-state index contributed by atoms with van der Waals surface area (Å²) in [6, 6.07) is 7.59. The average molecular weight is 288 g/mol. The van der Waals surface area contributed by atoms with E-state index in [-0.39, 0.29) is 0 Å². The van der Waals surface area contributed by atoms with Gasteiger partial charge in [-0.3, -0.25) is 9.48 Å². The number of nitrogens with zero attached hydrogens (tertiary/aromatic N) is 3. The number of carbonyl (C=O) groups is 1. The number of benzene rings is 1. The van der Waals surface area contributed by atoms with Crippen molar-refractivity contribution in [3.05, 3.63) is 52.9 Å². The van der Waals surface area contributed by atoms with Gasteiger partial charge in [0.05, 0.1) is 5.52 Å². The molecule has 0 N–H and O–H groups in total. The van der Waals surface area contributed by atoms with E-state index in [0.29, 0.717) is 10.6 Å². The van der Waals surface area contributed by atoms with Crippen LogP contribution in [0.25, 0.3) is 10.9 Å². The molecule has 0 spiro atoms. The Balaban J connectivity index is 1.96.